The molecule has 0 saturated carbocycles. The molecule has 2 aromatic rings. The first-order chi connectivity index (χ1) is 17.2. The fourth-order valence-corrected chi connectivity index (χ4v) is 3.46. The van der Waals surface area contributed by atoms with Gasteiger partial charge in [0.05, 0.1) is 12.1 Å². The molecule has 3 unspecified atom stereocenters. The number of alkyl carbamates (subject to hydrolysis) is 1. The largest absolute Gasteiger partial charge is 0.445 e. The van der Waals surface area contributed by atoms with E-state index in [4.69, 9.17) is 4.74 Å². The highest BCUT2D eigenvalue weighted by Crippen LogP contribution is 2.11. The summed E-state index contributed by atoms with van der Waals surface area (Å²) < 4.78 is 5.21. The zero-order valence-electron chi connectivity index (χ0n) is 20.9. The highest BCUT2D eigenvalue weighted by atomic mass is 16.5. The molecule has 4 N–H and O–H groups in total. The molecule has 0 bridgehead atoms. The van der Waals surface area contributed by atoms with Gasteiger partial charge in [-0.15, -0.1) is 0 Å². The van der Waals surface area contributed by atoms with Gasteiger partial charge in [0.2, 0.25) is 11.7 Å². The van der Waals surface area contributed by atoms with Crippen molar-refractivity contribution in [3.8, 4) is 0 Å². The van der Waals surface area contributed by atoms with Crippen molar-refractivity contribution in [1.82, 2.24) is 16.0 Å². The number of aliphatic hydroxyl groups excluding tert-OH is 1. The van der Waals surface area contributed by atoms with Gasteiger partial charge in [0, 0.05) is 6.54 Å². The fourth-order valence-electron chi connectivity index (χ4n) is 3.46. The fraction of sp³-hybridized carbons (Fsp3) is 0.407. The molecule has 0 aliphatic rings. The predicted octanol–water partition coefficient (Wildman–Crippen LogP) is 2.64. The van der Waals surface area contributed by atoms with Crippen molar-refractivity contribution >= 4 is 23.7 Å². The molecule has 9 heteroatoms. The summed E-state index contributed by atoms with van der Waals surface area (Å²) in [7, 11) is 0. The highest BCUT2D eigenvalue weighted by Gasteiger charge is 2.30. The first kappa shape index (κ1) is 28.5. The molecule has 0 aliphatic heterocycles. The van der Waals surface area contributed by atoms with E-state index in [1.807, 2.05) is 44.2 Å². The van der Waals surface area contributed by atoms with E-state index in [0.29, 0.717) is 12.0 Å². The monoisotopic (exact) mass is 497 g/mol. The zero-order valence-corrected chi connectivity index (χ0v) is 20.9. The molecule has 0 saturated heterocycles. The van der Waals surface area contributed by atoms with E-state index in [-0.39, 0.29) is 25.5 Å². The Balaban J connectivity index is 1.92. The van der Waals surface area contributed by atoms with Crippen LogP contribution >= 0.6 is 0 Å². The van der Waals surface area contributed by atoms with Gasteiger partial charge >= 0.3 is 6.09 Å². The van der Waals surface area contributed by atoms with E-state index < -0.39 is 41.9 Å². The van der Waals surface area contributed by atoms with Crippen molar-refractivity contribution in [2.24, 2.45) is 5.92 Å². The lowest BCUT2D eigenvalue weighted by atomic mass is 10.0. The van der Waals surface area contributed by atoms with Gasteiger partial charge in [0.15, 0.2) is 0 Å². The normalized spacial score (nSPS) is 13.2. The molecule has 3 atom stereocenters. The van der Waals surface area contributed by atoms with E-state index in [9.17, 15) is 24.3 Å². The molecule has 0 spiro atoms. The van der Waals surface area contributed by atoms with Crippen molar-refractivity contribution in [1.29, 1.82) is 0 Å². The van der Waals surface area contributed by atoms with Gasteiger partial charge < -0.3 is 25.8 Å². The maximum Gasteiger partial charge on any atom is 0.408 e. The lowest BCUT2D eigenvalue weighted by Gasteiger charge is -2.23. The van der Waals surface area contributed by atoms with Crippen LogP contribution in [0.4, 0.5) is 4.79 Å². The van der Waals surface area contributed by atoms with Gasteiger partial charge in [0.25, 0.3) is 5.91 Å². The van der Waals surface area contributed by atoms with Crippen LogP contribution in [-0.2, 0) is 25.7 Å². The number of nitrogens with one attached hydrogen (secondary N) is 3. The molecule has 0 aromatic heterocycles. The molecule has 9 nitrogen and oxygen atoms in total. The molecule has 2 aromatic carbocycles. The second-order valence-corrected chi connectivity index (χ2v) is 8.86. The van der Waals surface area contributed by atoms with Crippen LogP contribution in [0.2, 0.25) is 0 Å². The van der Waals surface area contributed by atoms with Crippen LogP contribution in [0, 0.1) is 5.92 Å². The number of rotatable bonds is 13. The first-order valence-corrected chi connectivity index (χ1v) is 12.0. The first-order valence-electron chi connectivity index (χ1n) is 12.0. The summed E-state index contributed by atoms with van der Waals surface area (Å²) in [6.45, 7) is 5.35. The molecular formula is C27H35N3O6. The molecule has 0 aliphatic carbocycles. The molecule has 0 heterocycles. The molecule has 0 fully saturated rings. The summed E-state index contributed by atoms with van der Waals surface area (Å²) in [6.07, 6.45) is -1.25. The highest BCUT2D eigenvalue weighted by molar-refractivity contribution is 6.38. The van der Waals surface area contributed by atoms with Crippen LogP contribution in [-0.4, -0.2) is 47.4 Å². The SMILES string of the molecule is CCC(NC(=O)C(CC(C)C)NC(=O)OCc1ccccc1)C(=O)C(=O)NCC(O)c1ccccc1. The standard InChI is InChI=1S/C27H35N3O6/c1-4-21(24(32)26(34)28-16-23(31)20-13-9-6-10-14-20)29-25(33)22(15-18(2)3)30-27(35)36-17-19-11-7-5-8-12-19/h5-14,18,21-23,31H,4,15-17H2,1-3H3,(H,28,34)(H,29,33)(H,30,35). The van der Waals surface area contributed by atoms with Crippen LogP contribution in [0.15, 0.2) is 60.7 Å². The number of carbonyl (C=O) groups excluding carboxylic acids is 4. The Bertz CT molecular complexity index is 997. The summed E-state index contributed by atoms with van der Waals surface area (Å²) >= 11 is 0. The van der Waals surface area contributed by atoms with Gasteiger partial charge in [-0.05, 0) is 29.9 Å². The number of benzene rings is 2. The van der Waals surface area contributed by atoms with E-state index >= 15 is 0 Å². The number of ether oxygens (including phenoxy) is 1. The Morgan fingerprint density at radius 3 is 2.08 bits per heavy atom. The molecular weight excluding hydrogens is 462 g/mol. The van der Waals surface area contributed by atoms with E-state index in [2.05, 4.69) is 16.0 Å². The molecule has 3 amide bonds. The quantitative estimate of drug-likeness (QED) is 0.315. The average molecular weight is 498 g/mol. The summed E-state index contributed by atoms with van der Waals surface area (Å²) in [6, 6.07) is 15.8. The maximum atomic E-state index is 12.9. The van der Waals surface area contributed by atoms with E-state index in [0.717, 1.165) is 5.56 Å². The van der Waals surface area contributed by atoms with Gasteiger partial charge in [-0.1, -0.05) is 81.4 Å². The summed E-state index contributed by atoms with van der Waals surface area (Å²) in [4.78, 5) is 50.3. The van der Waals surface area contributed by atoms with Crippen LogP contribution in [0.25, 0.3) is 0 Å². The number of ketones is 1. The van der Waals surface area contributed by atoms with Crippen LogP contribution in [0.1, 0.15) is 50.8 Å². The Labute approximate surface area is 211 Å². The van der Waals surface area contributed by atoms with Crippen LogP contribution < -0.4 is 16.0 Å². The Morgan fingerprint density at radius 1 is 0.889 bits per heavy atom. The number of amides is 3. The van der Waals surface area contributed by atoms with Gasteiger partial charge in [-0.25, -0.2) is 4.79 Å². The van der Waals surface area contributed by atoms with Crippen molar-refractivity contribution in [2.75, 3.05) is 6.54 Å². The van der Waals surface area contributed by atoms with Crippen molar-refractivity contribution in [3.63, 3.8) is 0 Å². The summed E-state index contributed by atoms with van der Waals surface area (Å²) in [5.74, 6) is -2.26. The number of aliphatic hydroxyl groups is 1. The minimum atomic E-state index is -1.08. The topological polar surface area (TPSA) is 134 Å². The van der Waals surface area contributed by atoms with Crippen LogP contribution in [0.5, 0.6) is 0 Å². The maximum absolute atomic E-state index is 12.9. The zero-order chi connectivity index (χ0) is 26.5. The lowest BCUT2D eigenvalue weighted by molar-refractivity contribution is -0.140. The van der Waals surface area contributed by atoms with Gasteiger partial charge in [0.1, 0.15) is 12.6 Å². The summed E-state index contributed by atoms with van der Waals surface area (Å²) in [5, 5.41) is 17.7. The minimum absolute atomic E-state index is 0.0494. The third-order valence-electron chi connectivity index (χ3n) is 5.43. The smallest absolute Gasteiger partial charge is 0.408 e. The number of carbonyl (C=O) groups is 4. The van der Waals surface area contributed by atoms with Gasteiger partial charge in [-0.2, -0.15) is 0 Å². The van der Waals surface area contributed by atoms with Crippen molar-refractivity contribution in [3.05, 3.63) is 71.8 Å². The van der Waals surface area contributed by atoms with Crippen molar-refractivity contribution < 1.29 is 29.0 Å². The minimum Gasteiger partial charge on any atom is -0.445 e. The van der Waals surface area contributed by atoms with E-state index in [1.165, 1.54) is 0 Å². The molecule has 36 heavy (non-hydrogen) atoms. The molecule has 0 radical (unpaired) electrons. The second-order valence-electron chi connectivity index (χ2n) is 8.86. The lowest BCUT2D eigenvalue weighted by Crippen LogP contribution is -2.54. The number of Topliss-reactive ketones (excluding diaryl/α,β-unsaturated/α-hetero) is 1. The Kier molecular flexibility index (Phi) is 11.6. The van der Waals surface area contributed by atoms with Crippen LogP contribution in [0.3, 0.4) is 0 Å². The Morgan fingerprint density at radius 2 is 1.50 bits per heavy atom. The third kappa shape index (κ3) is 9.50. The second kappa shape index (κ2) is 14.6. The third-order valence-corrected chi connectivity index (χ3v) is 5.43. The number of hydrogen-bond donors (Lipinski definition) is 4. The van der Waals surface area contributed by atoms with Crippen molar-refractivity contribution in [2.45, 2.75) is 58.4 Å². The predicted molar refractivity (Wildman–Crippen MR) is 135 cm³/mol. The summed E-state index contributed by atoms with van der Waals surface area (Å²) in [5.41, 5.74) is 1.41. The molecule has 2 rings (SSSR count). The Hall–Kier alpha value is -3.72. The molecule has 194 valence electrons. The van der Waals surface area contributed by atoms with E-state index in [1.54, 1.807) is 37.3 Å². The average Bonchev–Trinajstić information content (AvgIpc) is 2.88. The van der Waals surface area contributed by atoms with Gasteiger partial charge in [-0.3, -0.25) is 14.4 Å². The number of hydrogen-bond acceptors (Lipinski definition) is 6.